The number of carbonyl (C=O) groups is 1. The SMILES string of the molecule is CC1(O)OC(=O)C(c2c(F)cccc2F)=C1C1CCSC1. The predicted molar refractivity (Wildman–Crippen MR) is 75.4 cm³/mol. The Morgan fingerprint density at radius 2 is 2.05 bits per heavy atom. The number of hydrogen-bond donors (Lipinski definition) is 1. The number of esters is 1. The van der Waals surface area contributed by atoms with Gasteiger partial charge in [0.15, 0.2) is 0 Å². The highest BCUT2D eigenvalue weighted by atomic mass is 32.2. The summed E-state index contributed by atoms with van der Waals surface area (Å²) in [6.45, 7) is 1.34. The smallest absolute Gasteiger partial charge is 0.341 e. The molecule has 0 aromatic heterocycles. The second kappa shape index (κ2) is 5.10. The third kappa shape index (κ3) is 2.36. The average molecular weight is 312 g/mol. The van der Waals surface area contributed by atoms with Gasteiger partial charge in [-0.2, -0.15) is 11.8 Å². The Balaban J connectivity index is 2.24. The van der Waals surface area contributed by atoms with Crippen molar-refractivity contribution in [2.24, 2.45) is 5.92 Å². The van der Waals surface area contributed by atoms with Crippen LogP contribution >= 0.6 is 11.8 Å². The van der Waals surface area contributed by atoms with Gasteiger partial charge in [-0.05, 0) is 30.2 Å². The Morgan fingerprint density at radius 1 is 1.38 bits per heavy atom. The minimum absolute atomic E-state index is 0.120. The number of halogens is 2. The van der Waals surface area contributed by atoms with E-state index in [1.54, 1.807) is 11.8 Å². The molecule has 2 aliphatic rings. The average Bonchev–Trinajstić information content (AvgIpc) is 2.96. The summed E-state index contributed by atoms with van der Waals surface area (Å²) in [5, 5.41) is 10.3. The number of rotatable bonds is 2. The van der Waals surface area contributed by atoms with E-state index in [4.69, 9.17) is 4.74 Å². The van der Waals surface area contributed by atoms with E-state index < -0.39 is 29.0 Å². The Labute approximate surface area is 125 Å². The van der Waals surface area contributed by atoms with Crippen molar-refractivity contribution in [3.63, 3.8) is 0 Å². The second-order valence-electron chi connectivity index (χ2n) is 5.32. The van der Waals surface area contributed by atoms with Gasteiger partial charge >= 0.3 is 5.97 Å². The molecule has 6 heteroatoms. The summed E-state index contributed by atoms with van der Waals surface area (Å²) in [5.74, 6) is -2.89. The zero-order valence-electron chi connectivity index (χ0n) is 11.4. The van der Waals surface area contributed by atoms with Gasteiger partial charge in [0.05, 0.1) is 11.1 Å². The van der Waals surface area contributed by atoms with Crippen molar-refractivity contribution in [1.82, 2.24) is 0 Å². The van der Waals surface area contributed by atoms with Gasteiger partial charge in [0, 0.05) is 18.2 Å². The summed E-state index contributed by atoms with van der Waals surface area (Å²) >= 11 is 1.68. The lowest BCUT2D eigenvalue weighted by atomic mass is 9.86. The monoisotopic (exact) mass is 312 g/mol. The molecular formula is C15H14F2O3S. The van der Waals surface area contributed by atoms with E-state index in [0.29, 0.717) is 11.3 Å². The van der Waals surface area contributed by atoms with Gasteiger partial charge in [-0.1, -0.05) is 6.07 Å². The van der Waals surface area contributed by atoms with Crippen LogP contribution in [0.1, 0.15) is 18.9 Å². The summed E-state index contributed by atoms with van der Waals surface area (Å²) in [5.41, 5.74) is -0.281. The molecular weight excluding hydrogens is 298 g/mol. The maximum Gasteiger partial charge on any atom is 0.341 e. The largest absolute Gasteiger partial charge is 0.426 e. The van der Waals surface area contributed by atoms with Crippen LogP contribution in [0.25, 0.3) is 5.57 Å². The Kier molecular flexibility index (Phi) is 3.53. The lowest BCUT2D eigenvalue weighted by Crippen LogP contribution is -2.30. The number of ether oxygens (including phenoxy) is 1. The topological polar surface area (TPSA) is 46.5 Å². The molecule has 3 rings (SSSR count). The molecule has 112 valence electrons. The number of thioether (sulfide) groups is 1. The van der Waals surface area contributed by atoms with Gasteiger partial charge < -0.3 is 9.84 Å². The van der Waals surface area contributed by atoms with Gasteiger partial charge in [0.25, 0.3) is 0 Å². The molecule has 1 fully saturated rings. The highest BCUT2D eigenvalue weighted by molar-refractivity contribution is 7.99. The van der Waals surface area contributed by atoms with Crippen molar-refractivity contribution >= 4 is 23.3 Å². The van der Waals surface area contributed by atoms with Gasteiger partial charge in [-0.3, -0.25) is 0 Å². The molecule has 0 radical (unpaired) electrons. The number of carbonyl (C=O) groups excluding carboxylic acids is 1. The fraction of sp³-hybridized carbons (Fsp3) is 0.400. The standard InChI is InChI=1S/C15H14F2O3S/c1-15(19)13(8-5-6-21-7-8)12(14(18)20-15)11-9(16)3-2-4-10(11)17/h2-4,8,19H,5-7H2,1H3. The molecule has 2 heterocycles. The first-order valence-electron chi connectivity index (χ1n) is 6.64. The first-order valence-corrected chi connectivity index (χ1v) is 7.80. The van der Waals surface area contributed by atoms with Crippen LogP contribution < -0.4 is 0 Å². The second-order valence-corrected chi connectivity index (χ2v) is 6.47. The summed E-state index contributed by atoms with van der Waals surface area (Å²) in [6.07, 6.45) is 0.742. The van der Waals surface area contributed by atoms with Crippen LogP contribution in [0, 0.1) is 17.6 Å². The minimum atomic E-state index is -1.81. The van der Waals surface area contributed by atoms with Crippen LogP contribution in [-0.2, 0) is 9.53 Å². The van der Waals surface area contributed by atoms with E-state index >= 15 is 0 Å². The summed E-state index contributed by atoms with van der Waals surface area (Å²) in [6, 6.07) is 3.41. The Morgan fingerprint density at radius 3 is 2.62 bits per heavy atom. The van der Waals surface area contributed by atoms with Crippen molar-refractivity contribution in [2.75, 3.05) is 11.5 Å². The molecule has 21 heavy (non-hydrogen) atoms. The van der Waals surface area contributed by atoms with Crippen molar-refractivity contribution in [3.05, 3.63) is 41.0 Å². The molecule has 2 unspecified atom stereocenters. The van der Waals surface area contributed by atoms with Gasteiger partial charge in [-0.15, -0.1) is 0 Å². The molecule has 1 aromatic rings. The molecule has 0 spiro atoms. The maximum atomic E-state index is 14.0. The lowest BCUT2D eigenvalue weighted by molar-refractivity contribution is -0.175. The third-order valence-electron chi connectivity index (χ3n) is 3.82. The van der Waals surface area contributed by atoms with Crippen molar-refractivity contribution in [2.45, 2.75) is 19.1 Å². The number of cyclic esters (lactones) is 1. The van der Waals surface area contributed by atoms with Crippen LogP contribution in [0.4, 0.5) is 8.78 Å². The molecule has 1 N–H and O–H groups in total. The molecule has 2 atom stereocenters. The zero-order chi connectivity index (χ0) is 15.2. The van der Waals surface area contributed by atoms with Crippen molar-refractivity contribution < 1.29 is 23.4 Å². The van der Waals surface area contributed by atoms with Gasteiger partial charge in [0.2, 0.25) is 5.79 Å². The van der Waals surface area contributed by atoms with Crippen molar-refractivity contribution in [1.29, 1.82) is 0 Å². The molecule has 0 saturated carbocycles. The summed E-state index contributed by atoms with van der Waals surface area (Å²) in [4.78, 5) is 12.1. The van der Waals surface area contributed by atoms with E-state index in [2.05, 4.69) is 0 Å². The maximum absolute atomic E-state index is 14.0. The Bertz CT molecular complexity index is 614. The van der Waals surface area contributed by atoms with Crippen LogP contribution in [0.2, 0.25) is 0 Å². The Hall–Kier alpha value is -1.40. The normalized spacial score (nSPS) is 29.1. The predicted octanol–water partition coefficient (Wildman–Crippen LogP) is 2.74. The van der Waals surface area contributed by atoms with E-state index in [1.807, 2.05) is 0 Å². The van der Waals surface area contributed by atoms with E-state index in [9.17, 15) is 18.7 Å². The fourth-order valence-electron chi connectivity index (χ4n) is 2.95. The fourth-order valence-corrected chi connectivity index (χ4v) is 4.18. The zero-order valence-corrected chi connectivity index (χ0v) is 12.2. The molecule has 0 amide bonds. The van der Waals surface area contributed by atoms with E-state index in [-0.39, 0.29) is 11.5 Å². The van der Waals surface area contributed by atoms with Crippen LogP contribution in [-0.4, -0.2) is 28.4 Å². The summed E-state index contributed by atoms with van der Waals surface area (Å²) < 4.78 is 33.0. The third-order valence-corrected chi connectivity index (χ3v) is 4.98. The number of aliphatic hydroxyl groups is 1. The number of benzene rings is 1. The molecule has 0 aliphatic carbocycles. The highest BCUT2D eigenvalue weighted by Gasteiger charge is 2.48. The van der Waals surface area contributed by atoms with E-state index in [1.165, 1.54) is 13.0 Å². The summed E-state index contributed by atoms with van der Waals surface area (Å²) in [7, 11) is 0. The molecule has 0 bridgehead atoms. The molecule has 3 nitrogen and oxygen atoms in total. The first-order chi connectivity index (χ1) is 9.92. The van der Waals surface area contributed by atoms with Crippen LogP contribution in [0.15, 0.2) is 23.8 Å². The van der Waals surface area contributed by atoms with Gasteiger partial charge in [-0.25, -0.2) is 13.6 Å². The quantitative estimate of drug-likeness (QED) is 0.853. The van der Waals surface area contributed by atoms with Crippen LogP contribution in [0.3, 0.4) is 0 Å². The van der Waals surface area contributed by atoms with Gasteiger partial charge in [0.1, 0.15) is 11.6 Å². The van der Waals surface area contributed by atoms with Crippen LogP contribution in [0.5, 0.6) is 0 Å². The highest BCUT2D eigenvalue weighted by Crippen LogP contribution is 2.45. The molecule has 1 aromatic carbocycles. The lowest BCUT2D eigenvalue weighted by Gasteiger charge is -2.23. The molecule has 1 saturated heterocycles. The van der Waals surface area contributed by atoms with Crippen molar-refractivity contribution in [3.8, 4) is 0 Å². The minimum Gasteiger partial charge on any atom is -0.426 e. The first kappa shape index (κ1) is 14.5. The number of hydrogen-bond acceptors (Lipinski definition) is 4. The molecule has 2 aliphatic heterocycles. The van der Waals surface area contributed by atoms with E-state index in [0.717, 1.165) is 24.3 Å².